The van der Waals surface area contributed by atoms with Gasteiger partial charge in [-0.25, -0.2) is 17.8 Å². The van der Waals surface area contributed by atoms with Gasteiger partial charge in [0.05, 0.1) is 11.4 Å². The van der Waals surface area contributed by atoms with Crippen LogP contribution in [0.1, 0.15) is 16.7 Å². The number of halogens is 1. The van der Waals surface area contributed by atoms with Crippen LogP contribution in [0.4, 0.5) is 5.95 Å². The summed E-state index contributed by atoms with van der Waals surface area (Å²) >= 11 is 5.96. The first-order valence-corrected chi connectivity index (χ1v) is 9.43. The molecule has 0 bridgehead atoms. The topological polar surface area (TPSA) is 76.9 Å². The third kappa shape index (κ3) is 4.18. The first-order valence-electron chi connectivity index (χ1n) is 7.57. The Hall–Kier alpha value is -2.38. The molecule has 0 amide bonds. The van der Waals surface area contributed by atoms with Crippen molar-refractivity contribution in [2.24, 2.45) is 0 Å². The predicted molar refractivity (Wildman–Crippen MR) is 97.3 cm³/mol. The summed E-state index contributed by atoms with van der Waals surface area (Å²) in [4.78, 5) is 4.25. The predicted octanol–water partition coefficient (Wildman–Crippen LogP) is 3.40. The number of nitrogens with zero attached hydrogens (tertiary/aromatic N) is 3. The zero-order chi connectivity index (χ0) is 18.0. The normalized spacial score (nSPS) is 11.5. The lowest BCUT2D eigenvalue weighted by atomic mass is 10.2. The lowest BCUT2D eigenvalue weighted by molar-refractivity contribution is 0.600. The maximum Gasteiger partial charge on any atom is 0.264 e. The van der Waals surface area contributed by atoms with E-state index in [9.17, 15) is 8.42 Å². The van der Waals surface area contributed by atoms with Crippen LogP contribution in [0.2, 0.25) is 5.02 Å². The molecule has 3 rings (SSSR count). The maximum atomic E-state index is 12.6. The molecular formula is C17H17ClN4O2S. The highest BCUT2D eigenvalue weighted by atomic mass is 35.5. The van der Waals surface area contributed by atoms with E-state index < -0.39 is 10.0 Å². The highest BCUT2D eigenvalue weighted by molar-refractivity contribution is 7.92. The number of aromatic nitrogens is 3. The Morgan fingerprint density at radius 2 is 1.96 bits per heavy atom. The minimum Gasteiger partial charge on any atom is -0.246 e. The molecule has 0 fully saturated rings. The molecule has 6 nitrogen and oxygen atoms in total. The minimum absolute atomic E-state index is 0.0305. The minimum atomic E-state index is -3.74. The quantitative estimate of drug-likeness (QED) is 0.740. The molecule has 1 heterocycles. The summed E-state index contributed by atoms with van der Waals surface area (Å²) in [6.45, 7) is 4.04. The van der Waals surface area contributed by atoms with Crippen molar-refractivity contribution >= 4 is 27.6 Å². The third-order valence-electron chi connectivity index (χ3n) is 3.63. The zero-order valence-electron chi connectivity index (χ0n) is 13.8. The number of aryl methyl sites for hydroxylation is 2. The van der Waals surface area contributed by atoms with Gasteiger partial charge in [-0.15, -0.1) is 5.10 Å². The summed E-state index contributed by atoms with van der Waals surface area (Å²) in [6, 6.07) is 12.6. The summed E-state index contributed by atoms with van der Waals surface area (Å²) in [5.41, 5.74) is 2.48. The van der Waals surface area contributed by atoms with Gasteiger partial charge in [0.2, 0.25) is 0 Å². The fourth-order valence-electron chi connectivity index (χ4n) is 2.41. The van der Waals surface area contributed by atoms with E-state index in [1.807, 2.05) is 31.2 Å². The number of hydrogen-bond donors (Lipinski definition) is 1. The molecule has 0 aliphatic carbocycles. The van der Waals surface area contributed by atoms with Crippen LogP contribution in [-0.2, 0) is 16.6 Å². The molecule has 0 saturated heterocycles. The van der Waals surface area contributed by atoms with Crippen molar-refractivity contribution in [2.75, 3.05) is 4.72 Å². The van der Waals surface area contributed by atoms with Gasteiger partial charge in [0.1, 0.15) is 6.33 Å². The Labute approximate surface area is 151 Å². The van der Waals surface area contributed by atoms with E-state index in [0.29, 0.717) is 17.1 Å². The van der Waals surface area contributed by atoms with Gasteiger partial charge < -0.3 is 0 Å². The molecule has 0 atom stereocenters. The number of anilines is 1. The SMILES string of the molecule is Cc1ccc(C)c(S(=O)(=O)Nc2ncn(Cc3cccc(Cl)c3)n2)c1. The number of sulfonamides is 1. The molecule has 0 radical (unpaired) electrons. The molecule has 0 spiro atoms. The van der Waals surface area contributed by atoms with Crippen molar-refractivity contribution in [1.82, 2.24) is 14.8 Å². The van der Waals surface area contributed by atoms with Gasteiger partial charge in [0.25, 0.3) is 16.0 Å². The van der Waals surface area contributed by atoms with Crippen LogP contribution in [0.3, 0.4) is 0 Å². The Bertz CT molecular complexity index is 1010. The molecule has 25 heavy (non-hydrogen) atoms. The highest BCUT2D eigenvalue weighted by Gasteiger charge is 2.19. The summed E-state index contributed by atoms with van der Waals surface area (Å²) in [6.07, 6.45) is 1.47. The second-order valence-electron chi connectivity index (χ2n) is 5.77. The second kappa shape index (κ2) is 6.85. The first kappa shape index (κ1) is 17.4. The van der Waals surface area contributed by atoms with Gasteiger partial charge in [-0.3, -0.25) is 0 Å². The summed E-state index contributed by atoms with van der Waals surface area (Å²) in [5, 5.41) is 4.80. The Kier molecular flexibility index (Phi) is 4.78. The van der Waals surface area contributed by atoms with E-state index in [1.165, 1.54) is 6.33 Å². The largest absolute Gasteiger partial charge is 0.264 e. The van der Waals surface area contributed by atoms with Crippen molar-refractivity contribution in [3.63, 3.8) is 0 Å². The van der Waals surface area contributed by atoms with Crippen LogP contribution in [0, 0.1) is 13.8 Å². The van der Waals surface area contributed by atoms with Gasteiger partial charge in [0, 0.05) is 5.02 Å². The Balaban J connectivity index is 1.80. The third-order valence-corrected chi connectivity index (χ3v) is 5.33. The van der Waals surface area contributed by atoms with Gasteiger partial charge >= 0.3 is 0 Å². The van der Waals surface area contributed by atoms with E-state index in [4.69, 9.17) is 11.6 Å². The molecule has 2 aromatic carbocycles. The van der Waals surface area contributed by atoms with E-state index >= 15 is 0 Å². The van der Waals surface area contributed by atoms with E-state index in [-0.39, 0.29) is 10.8 Å². The number of hydrogen-bond acceptors (Lipinski definition) is 4. The van der Waals surface area contributed by atoms with Gasteiger partial charge in [-0.1, -0.05) is 35.9 Å². The van der Waals surface area contributed by atoms with Crippen LogP contribution in [0.15, 0.2) is 53.7 Å². The molecule has 1 N–H and O–H groups in total. The van der Waals surface area contributed by atoms with Crippen molar-refractivity contribution in [2.45, 2.75) is 25.3 Å². The maximum absolute atomic E-state index is 12.6. The molecule has 0 saturated carbocycles. The number of nitrogens with one attached hydrogen (secondary N) is 1. The van der Waals surface area contributed by atoms with Crippen molar-refractivity contribution in [3.8, 4) is 0 Å². The van der Waals surface area contributed by atoms with Crippen LogP contribution < -0.4 is 4.72 Å². The molecule has 0 aliphatic heterocycles. The molecule has 0 unspecified atom stereocenters. The van der Waals surface area contributed by atoms with Crippen LogP contribution in [-0.4, -0.2) is 23.2 Å². The monoisotopic (exact) mass is 376 g/mol. The number of benzene rings is 2. The van der Waals surface area contributed by atoms with Crippen LogP contribution in [0.5, 0.6) is 0 Å². The summed E-state index contributed by atoms with van der Waals surface area (Å²) in [7, 11) is -3.74. The molecule has 130 valence electrons. The van der Waals surface area contributed by atoms with Crippen molar-refractivity contribution < 1.29 is 8.42 Å². The lowest BCUT2D eigenvalue weighted by Gasteiger charge is -2.08. The van der Waals surface area contributed by atoms with Crippen LogP contribution >= 0.6 is 11.6 Å². The first-order chi connectivity index (χ1) is 11.8. The molecular weight excluding hydrogens is 360 g/mol. The van der Waals surface area contributed by atoms with E-state index in [2.05, 4.69) is 14.8 Å². The zero-order valence-corrected chi connectivity index (χ0v) is 15.3. The van der Waals surface area contributed by atoms with Crippen LogP contribution in [0.25, 0.3) is 0 Å². The Morgan fingerprint density at radius 3 is 2.72 bits per heavy atom. The number of rotatable bonds is 5. The smallest absolute Gasteiger partial charge is 0.246 e. The molecule has 0 aliphatic rings. The fraction of sp³-hybridized carbons (Fsp3) is 0.176. The van der Waals surface area contributed by atoms with Gasteiger partial charge in [-0.2, -0.15) is 4.98 Å². The second-order valence-corrected chi connectivity index (χ2v) is 7.86. The standard InChI is InChI=1S/C17H17ClN4O2S/c1-12-6-7-13(2)16(8-12)25(23,24)21-17-19-11-22(20-17)10-14-4-3-5-15(18)9-14/h3-9,11H,10H2,1-2H3,(H,20,21). The van der Waals surface area contributed by atoms with E-state index in [0.717, 1.165) is 11.1 Å². The van der Waals surface area contributed by atoms with Gasteiger partial charge in [0.15, 0.2) is 0 Å². The van der Waals surface area contributed by atoms with Crippen molar-refractivity contribution in [3.05, 3.63) is 70.5 Å². The average molecular weight is 377 g/mol. The lowest BCUT2D eigenvalue weighted by Crippen LogP contribution is -2.15. The summed E-state index contributed by atoms with van der Waals surface area (Å²) < 4.78 is 29.1. The van der Waals surface area contributed by atoms with Crippen molar-refractivity contribution in [1.29, 1.82) is 0 Å². The molecule has 8 heteroatoms. The molecule has 3 aromatic rings. The van der Waals surface area contributed by atoms with Gasteiger partial charge in [-0.05, 0) is 48.7 Å². The highest BCUT2D eigenvalue weighted by Crippen LogP contribution is 2.19. The van der Waals surface area contributed by atoms with E-state index in [1.54, 1.807) is 29.8 Å². The summed E-state index contributed by atoms with van der Waals surface area (Å²) in [5.74, 6) is 0.0305. The molecule has 1 aromatic heterocycles. The Morgan fingerprint density at radius 1 is 1.16 bits per heavy atom. The fourth-order valence-corrected chi connectivity index (χ4v) is 3.90. The average Bonchev–Trinajstić information content (AvgIpc) is 2.96.